The zero-order valence-electron chi connectivity index (χ0n) is 18.9. The number of H-pyrrole nitrogens is 1. The fraction of sp³-hybridized carbons (Fsp3) is 0.240. The Morgan fingerprint density at radius 3 is 2.94 bits per heavy atom. The van der Waals surface area contributed by atoms with E-state index in [9.17, 15) is 0 Å². The SMILES string of the molecule is c1ccc(-n2nnc(CN3CC4COCCN4c4nc(-c5cccc6[nH]ccc56)ncc43)n2)cc1. The Bertz CT molecular complexity index is 1500. The molecule has 1 unspecified atom stereocenters. The summed E-state index contributed by atoms with van der Waals surface area (Å²) < 4.78 is 5.81. The number of nitrogens with zero attached hydrogens (tertiary/aromatic N) is 8. The van der Waals surface area contributed by atoms with E-state index < -0.39 is 0 Å². The van der Waals surface area contributed by atoms with E-state index in [1.807, 2.05) is 48.8 Å². The lowest BCUT2D eigenvalue weighted by Crippen LogP contribution is -2.55. The van der Waals surface area contributed by atoms with Gasteiger partial charge in [-0.25, -0.2) is 9.97 Å². The first kappa shape index (κ1) is 20.1. The predicted molar refractivity (Wildman–Crippen MR) is 131 cm³/mol. The highest BCUT2D eigenvalue weighted by Crippen LogP contribution is 2.37. The van der Waals surface area contributed by atoms with Gasteiger partial charge in [0.25, 0.3) is 0 Å². The quantitative estimate of drug-likeness (QED) is 0.432. The molecular formula is C25H23N9O. The summed E-state index contributed by atoms with van der Waals surface area (Å²) in [7, 11) is 0. The van der Waals surface area contributed by atoms with Gasteiger partial charge in [0.2, 0.25) is 0 Å². The van der Waals surface area contributed by atoms with E-state index in [0.717, 1.165) is 46.7 Å². The second-order valence-corrected chi connectivity index (χ2v) is 8.78. The normalized spacial score (nSPS) is 17.4. The molecule has 1 atom stereocenters. The van der Waals surface area contributed by atoms with Crippen LogP contribution in [-0.2, 0) is 11.3 Å². The number of aromatic amines is 1. The van der Waals surface area contributed by atoms with Crippen molar-refractivity contribution in [2.24, 2.45) is 0 Å². The van der Waals surface area contributed by atoms with E-state index in [1.165, 1.54) is 0 Å². The largest absolute Gasteiger partial charge is 0.377 e. The Morgan fingerprint density at radius 1 is 1.06 bits per heavy atom. The molecule has 0 spiro atoms. The molecule has 1 fully saturated rings. The fourth-order valence-corrected chi connectivity index (χ4v) is 4.95. The molecule has 3 aromatic heterocycles. The number of hydrogen-bond acceptors (Lipinski definition) is 8. The number of hydrogen-bond donors (Lipinski definition) is 1. The lowest BCUT2D eigenvalue weighted by Gasteiger charge is -2.45. The minimum Gasteiger partial charge on any atom is -0.377 e. The van der Waals surface area contributed by atoms with Crippen LogP contribution < -0.4 is 9.80 Å². The first-order valence-corrected chi connectivity index (χ1v) is 11.7. The third-order valence-corrected chi connectivity index (χ3v) is 6.63. The first-order valence-electron chi connectivity index (χ1n) is 11.7. The summed E-state index contributed by atoms with van der Waals surface area (Å²) in [6.07, 6.45) is 3.87. The Kier molecular flexibility index (Phi) is 4.69. The molecule has 0 radical (unpaired) electrons. The van der Waals surface area contributed by atoms with Crippen LogP contribution in [0, 0.1) is 0 Å². The van der Waals surface area contributed by atoms with Crippen LogP contribution in [0.3, 0.4) is 0 Å². The average molecular weight is 466 g/mol. The van der Waals surface area contributed by atoms with E-state index in [2.05, 4.69) is 48.4 Å². The van der Waals surface area contributed by atoms with Crippen molar-refractivity contribution in [1.29, 1.82) is 0 Å². The monoisotopic (exact) mass is 465 g/mol. The third kappa shape index (κ3) is 3.50. The number of benzene rings is 2. The smallest absolute Gasteiger partial charge is 0.194 e. The molecule has 35 heavy (non-hydrogen) atoms. The van der Waals surface area contributed by atoms with Gasteiger partial charge >= 0.3 is 0 Å². The van der Waals surface area contributed by atoms with Crippen LogP contribution in [-0.4, -0.2) is 67.5 Å². The second-order valence-electron chi connectivity index (χ2n) is 8.78. The van der Waals surface area contributed by atoms with Crippen LogP contribution in [0.4, 0.5) is 11.5 Å². The summed E-state index contributed by atoms with van der Waals surface area (Å²) in [4.78, 5) is 19.3. The van der Waals surface area contributed by atoms with Crippen molar-refractivity contribution in [1.82, 2.24) is 35.2 Å². The van der Waals surface area contributed by atoms with Crippen molar-refractivity contribution in [2.75, 3.05) is 36.1 Å². The molecule has 174 valence electrons. The Balaban J connectivity index is 1.26. The summed E-state index contributed by atoms with van der Waals surface area (Å²) in [5, 5.41) is 14.3. The number of tetrazole rings is 1. The van der Waals surface area contributed by atoms with Gasteiger partial charge < -0.3 is 19.5 Å². The number of nitrogens with one attached hydrogen (secondary N) is 1. The van der Waals surface area contributed by atoms with E-state index >= 15 is 0 Å². The average Bonchev–Trinajstić information content (AvgIpc) is 3.59. The van der Waals surface area contributed by atoms with Gasteiger partial charge in [-0.15, -0.1) is 15.0 Å². The van der Waals surface area contributed by atoms with Crippen molar-refractivity contribution < 1.29 is 4.74 Å². The van der Waals surface area contributed by atoms with Crippen LogP contribution >= 0.6 is 0 Å². The van der Waals surface area contributed by atoms with Crippen molar-refractivity contribution in [3.63, 3.8) is 0 Å². The standard InChI is InChI=1S/C25H23N9O/c1-2-5-17(6-3-1)34-30-23(29-31-34)15-32-14-18-16-35-12-11-33(18)25-22(32)13-27-24(28-25)20-7-4-8-21-19(20)9-10-26-21/h1-10,13,18,26H,11-12,14-16H2. The van der Waals surface area contributed by atoms with Crippen LogP contribution in [0.2, 0.25) is 0 Å². The van der Waals surface area contributed by atoms with Gasteiger partial charge in [0.05, 0.1) is 43.4 Å². The van der Waals surface area contributed by atoms with Gasteiger partial charge in [-0.3, -0.25) is 0 Å². The van der Waals surface area contributed by atoms with E-state index in [1.54, 1.807) is 4.80 Å². The van der Waals surface area contributed by atoms with Gasteiger partial charge in [-0.2, -0.15) is 0 Å². The summed E-state index contributed by atoms with van der Waals surface area (Å²) in [6, 6.07) is 18.2. The molecule has 7 rings (SSSR count). The van der Waals surface area contributed by atoms with Crippen LogP contribution in [0.5, 0.6) is 0 Å². The summed E-state index contributed by atoms with van der Waals surface area (Å²) in [5.41, 5.74) is 3.94. The van der Waals surface area contributed by atoms with Gasteiger partial charge in [-0.05, 0) is 29.5 Å². The number of anilines is 2. The van der Waals surface area contributed by atoms with Crippen molar-refractivity contribution in [2.45, 2.75) is 12.6 Å². The second kappa shape index (κ2) is 8.17. The van der Waals surface area contributed by atoms with Gasteiger partial charge in [-0.1, -0.05) is 30.3 Å². The molecule has 5 heterocycles. The van der Waals surface area contributed by atoms with Crippen LogP contribution in [0.25, 0.3) is 28.0 Å². The molecule has 0 bridgehead atoms. The van der Waals surface area contributed by atoms with Crippen LogP contribution in [0.15, 0.2) is 67.0 Å². The van der Waals surface area contributed by atoms with Crippen molar-refractivity contribution in [3.8, 4) is 17.1 Å². The fourth-order valence-electron chi connectivity index (χ4n) is 4.95. The lowest BCUT2D eigenvalue weighted by atomic mass is 10.1. The topological polar surface area (TPSA) is 101 Å². The highest BCUT2D eigenvalue weighted by molar-refractivity contribution is 5.93. The minimum atomic E-state index is 0.200. The molecule has 5 aromatic rings. The zero-order chi connectivity index (χ0) is 23.2. The lowest BCUT2D eigenvalue weighted by molar-refractivity contribution is 0.0935. The minimum absolute atomic E-state index is 0.200. The molecule has 10 nitrogen and oxygen atoms in total. The molecule has 0 saturated carbocycles. The highest BCUT2D eigenvalue weighted by atomic mass is 16.5. The van der Waals surface area contributed by atoms with E-state index in [4.69, 9.17) is 14.7 Å². The van der Waals surface area contributed by atoms with E-state index in [-0.39, 0.29) is 6.04 Å². The van der Waals surface area contributed by atoms with Gasteiger partial charge in [0.15, 0.2) is 17.5 Å². The zero-order valence-corrected chi connectivity index (χ0v) is 18.9. The molecular weight excluding hydrogens is 442 g/mol. The Hall–Kier alpha value is -4.31. The molecule has 0 aliphatic carbocycles. The molecule has 0 amide bonds. The molecule has 10 heteroatoms. The van der Waals surface area contributed by atoms with Crippen molar-refractivity contribution >= 4 is 22.4 Å². The summed E-state index contributed by atoms with van der Waals surface area (Å²) in [6.45, 7) is 3.45. The van der Waals surface area contributed by atoms with Gasteiger partial charge in [0, 0.05) is 35.8 Å². The maximum absolute atomic E-state index is 5.81. The summed E-state index contributed by atoms with van der Waals surface area (Å²) >= 11 is 0. The molecule has 2 aliphatic rings. The molecule has 2 aromatic carbocycles. The maximum atomic E-state index is 5.81. The number of rotatable bonds is 4. The number of para-hydroxylation sites is 1. The highest BCUT2D eigenvalue weighted by Gasteiger charge is 2.35. The molecule has 2 aliphatic heterocycles. The molecule has 1 saturated heterocycles. The predicted octanol–water partition coefficient (Wildman–Crippen LogP) is 2.83. The van der Waals surface area contributed by atoms with Crippen LogP contribution in [0.1, 0.15) is 5.82 Å². The number of aromatic nitrogens is 7. The van der Waals surface area contributed by atoms with E-state index in [0.29, 0.717) is 31.4 Å². The molecule has 1 N–H and O–H groups in total. The number of morpholine rings is 1. The first-order chi connectivity index (χ1) is 17.3. The number of ether oxygens (including phenoxy) is 1. The Labute approximate surface area is 201 Å². The third-order valence-electron chi connectivity index (χ3n) is 6.63. The Morgan fingerprint density at radius 2 is 2.00 bits per heavy atom. The summed E-state index contributed by atoms with van der Waals surface area (Å²) in [5.74, 6) is 2.29. The van der Waals surface area contributed by atoms with Gasteiger partial charge in [0.1, 0.15) is 0 Å². The van der Waals surface area contributed by atoms with Crippen molar-refractivity contribution in [3.05, 3.63) is 72.8 Å². The number of fused-ring (bicyclic) bond motifs is 4. The maximum Gasteiger partial charge on any atom is 0.194 e.